The molecule has 1 aromatic rings. The average molecular weight is 436 g/mol. The molecule has 9 nitrogen and oxygen atoms in total. The van der Waals surface area contributed by atoms with Crippen molar-refractivity contribution in [3.63, 3.8) is 0 Å². The second kappa shape index (κ2) is 11.8. The molecule has 9 heteroatoms. The van der Waals surface area contributed by atoms with Gasteiger partial charge in [0, 0.05) is 12.1 Å². The number of carbonyl (C=O) groups excluding carboxylic acids is 2. The number of aliphatic carboxylic acids is 1. The summed E-state index contributed by atoms with van der Waals surface area (Å²) in [7, 11) is 0. The Hall–Kier alpha value is -2.45. The summed E-state index contributed by atoms with van der Waals surface area (Å²) >= 11 is 0. The lowest BCUT2D eigenvalue weighted by atomic mass is 9.85. The van der Waals surface area contributed by atoms with Gasteiger partial charge in [-0.05, 0) is 57.8 Å². The molecule has 0 unspecified atom stereocenters. The van der Waals surface area contributed by atoms with E-state index >= 15 is 0 Å². The number of aryl methyl sites for hydroxylation is 1. The first-order valence-electron chi connectivity index (χ1n) is 11.5. The smallest absolute Gasteiger partial charge is 0.326 e. The number of carboxylic acids is 1. The van der Waals surface area contributed by atoms with Gasteiger partial charge in [0.1, 0.15) is 12.1 Å². The highest BCUT2D eigenvalue weighted by Gasteiger charge is 2.30. The van der Waals surface area contributed by atoms with Crippen LogP contribution in [0.2, 0.25) is 0 Å². The number of amides is 2. The predicted molar refractivity (Wildman–Crippen MR) is 116 cm³/mol. The highest BCUT2D eigenvalue weighted by molar-refractivity contribution is 5.90. The van der Waals surface area contributed by atoms with E-state index in [9.17, 15) is 19.5 Å². The maximum absolute atomic E-state index is 12.6. The molecule has 1 aliphatic rings. The number of aromatic nitrogens is 3. The molecule has 2 rings (SSSR count). The van der Waals surface area contributed by atoms with Crippen molar-refractivity contribution in [2.45, 2.75) is 97.2 Å². The molecule has 0 aliphatic heterocycles. The van der Waals surface area contributed by atoms with Crippen molar-refractivity contribution >= 4 is 17.8 Å². The molecule has 0 aromatic carbocycles. The molecule has 1 aliphatic carbocycles. The number of rotatable bonds is 11. The van der Waals surface area contributed by atoms with Crippen LogP contribution in [0.3, 0.4) is 0 Å². The monoisotopic (exact) mass is 435 g/mol. The van der Waals surface area contributed by atoms with Crippen LogP contribution >= 0.6 is 0 Å². The van der Waals surface area contributed by atoms with Crippen molar-refractivity contribution < 1.29 is 19.5 Å². The SMILES string of the molecule is CCCCc1cn(C2CCC(C(=O)N[C@@H](C)C(=O)N[C@H](CC(C)C)C(=O)O)CC2)nn1. The van der Waals surface area contributed by atoms with Crippen LogP contribution in [-0.2, 0) is 20.8 Å². The molecule has 0 spiro atoms. The van der Waals surface area contributed by atoms with Gasteiger partial charge in [-0.1, -0.05) is 32.4 Å². The highest BCUT2D eigenvalue weighted by atomic mass is 16.4. The van der Waals surface area contributed by atoms with Crippen LogP contribution in [0.25, 0.3) is 0 Å². The first kappa shape index (κ1) is 24.8. The Morgan fingerprint density at radius 1 is 1.16 bits per heavy atom. The Morgan fingerprint density at radius 3 is 2.42 bits per heavy atom. The fourth-order valence-electron chi connectivity index (χ4n) is 3.95. The van der Waals surface area contributed by atoms with Crippen LogP contribution in [0.4, 0.5) is 0 Å². The largest absolute Gasteiger partial charge is 0.480 e. The summed E-state index contributed by atoms with van der Waals surface area (Å²) in [5.41, 5.74) is 1.01. The topological polar surface area (TPSA) is 126 Å². The number of nitrogens with one attached hydrogen (secondary N) is 2. The van der Waals surface area contributed by atoms with Crippen LogP contribution in [0.15, 0.2) is 6.20 Å². The van der Waals surface area contributed by atoms with E-state index in [0.29, 0.717) is 6.42 Å². The molecule has 1 heterocycles. The van der Waals surface area contributed by atoms with Crippen molar-refractivity contribution in [1.29, 1.82) is 0 Å². The number of nitrogens with zero attached hydrogens (tertiary/aromatic N) is 3. The lowest BCUT2D eigenvalue weighted by Gasteiger charge is -2.28. The third kappa shape index (κ3) is 7.63. The van der Waals surface area contributed by atoms with E-state index in [1.54, 1.807) is 6.92 Å². The van der Waals surface area contributed by atoms with E-state index < -0.39 is 24.0 Å². The second-order valence-electron chi connectivity index (χ2n) is 9.06. The van der Waals surface area contributed by atoms with Crippen LogP contribution in [0.1, 0.15) is 84.4 Å². The van der Waals surface area contributed by atoms with E-state index in [0.717, 1.165) is 50.6 Å². The van der Waals surface area contributed by atoms with Gasteiger partial charge < -0.3 is 15.7 Å². The van der Waals surface area contributed by atoms with E-state index in [1.807, 2.05) is 24.7 Å². The van der Waals surface area contributed by atoms with Gasteiger partial charge in [0.2, 0.25) is 11.8 Å². The summed E-state index contributed by atoms with van der Waals surface area (Å²) in [6.07, 6.45) is 8.64. The molecular formula is C22H37N5O4. The van der Waals surface area contributed by atoms with Crippen molar-refractivity contribution in [3.05, 3.63) is 11.9 Å². The summed E-state index contributed by atoms with van der Waals surface area (Å²) in [4.78, 5) is 36.3. The lowest BCUT2D eigenvalue weighted by molar-refractivity contribution is -0.142. The Labute approximate surface area is 184 Å². The first-order chi connectivity index (χ1) is 14.7. The van der Waals surface area contributed by atoms with E-state index in [1.165, 1.54) is 0 Å². The Morgan fingerprint density at radius 2 is 1.84 bits per heavy atom. The molecule has 1 fully saturated rings. The maximum Gasteiger partial charge on any atom is 0.326 e. The summed E-state index contributed by atoms with van der Waals surface area (Å²) in [5, 5.41) is 23.1. The summed E-state index contributed by atoms with van der Waals surface area (Å²) < 4.78 is 1.93. The van der Waals surface area contributed by atoms with Crippen molar-refractivity contribution in [2.75, 3.05) is 0 Å². The Bertz CT molecular complexity index is 740. The van der Waals surface area contributed by atoms with E-state index in [2.05, 4.69) is 27.9 Å². The normalized spacial score (nSPS) is 20.8. The van der Waals surface area contributed by atoms with Gasteiger partial charge in [0.25, 0.3) is 0 Å². The van der Waals surface area contributed by atoms with Gasteiger partial charge in [-0.25, -0.2) is 9.48 Å². The summed E-state index contributed by atoms with van der Waals surface area (Å²) in [6.45, 7) is 7.53. The molecule has 3 N–H and O–H groups in total. The minimum absolute atomic E-state index is 0.134. The first-order valence-corrected chi connectivity index (χ1v) is 11.5. The zero-order chi connectivity index (χ0) is 23.0. The molecule has 2 amide bonds. The fourth-order valence-corrected chi connectivity index (χ4v) is 3.95. The molecule has 1 saturated carbocycles. The van der Waals surface area contributed by atoms with Gasteiger partial charge in [0.05, 0.1) is 11.7 Å². The van der Waals surface area contributed by atoms with Crippen molar-refractivity contribution in [1.82, 2.24) is 25.6 Å². The Balaban J connectivity index is 1.80. The van der Waals surface area contributed by atoms with Gasteiger partial charge in [-0.3, -0.25) is 9.59 Å². The molecule has 1 aromatic heterocycles. The van der Waals surface area contributed by atoms with Gasteiger partial charge >= 0.3 is 5.97 Å². The Kier molecular flexibility index (Phi) is 9.45. The highest BCUT2D eigenvalue weighted by Crippen LogP contribution is 2.32. The number of carboxylic acid groups (broad SMARTS) is 1. The van der Waals surface area contributed by atoms with Crippen LogP contribution in [0, 0.1) is 11.8 Å². The number of unbranched alkanes of at least 4 members (excludes halogenated alkanes) is 1. The summed E-state index contributed by atoms with van der Waals surface area (Å²) in [5.74, 6) is -1.71. The summed E-state index contributed by atoms with van der Waals surface area (Å²) in [6, 6.07) is -1.48. The van der Waals surface area contributed by atoms with Gasteiger partial charge in [-0.15, -0.1) is 5.10 Å². The minimum atomic E-state index is -1.06. The fraction of sp³-hybridized carbons (Fsp3) is 0.773. The predicted octanol–water partition coefficient (Wildman–Crippen LogP) is 2.47. The second-order valence-corrected chi connectivity index (χ2v) is 9.06. The van der Waals surface area contributed by atoms with E-state index in [-0.39, 0.29) is 23.8 Å². The number of carbonyl (C=O) groups is 3. The third-order valence-corrected chi connectivity index (χ3v) is 5.86. The van der Waals surface area contributed by atoms with Gasteiger partial charge in [0.15, 0.2) is 0 Å². The molecule has 31 heavy (non-hydrogen) atoms. The maximum atomic E-state index is 12.6. The number of hydrogen-bond donors (Lipinski definition) is 3. The van der Waals surface area contributed by atoms with Crippen LogP contribution < -0.4 is 10.6 Å². The zero-order valence-electron chi connectivity index (χ0n) is 19.1. The van der Waals surface area contributed by atoms with Crippen LogP contribution in [-0.4, -0.2) is 50.0 Å². The standard InChI is InChI=1S/C22H37N5O4/c1-5-6-7-17-13-27(26-25-17)18-10-8-16(9-11-18)21(29)23-15(4)20(28)24-19(22(30)31)12-14(2)3/h13-16,18-19H,5-12H2,1-4H3,(H,23,29)(H,24,28)(H,30,31)/t15-,16?,18?,19+/m0/s1. The van der Waals surface area contributed by atoms with E-state index in [4.69, 9.17) is 0 Å². The molecular weight excluding hydrogens is 398 g/mol. The average Bonchev–Trinajstić information content (AvgIpc) is 3.20. The van der Waals surface area contributed by atoms with Crippen molar-refractivity contribution in [2.24, 2.45) is 11.8 Å². The lowest BCUT2D eigenvalue weighted by Crippen LogP contribution is -2.51. The molecule has 2 atom stereocenters. The van der Waals surface area contributed by atoms with Crippen molar-refractivity contribution in [3.8, 4) is 0 Å². The third-order valence-electron chi connectivity index (χ3n) is 5.86. The van der Waals surface area contributed by atoms with Gasteiger partial charge in [-0.2, -0.15) is 0 Å². The quantitative estimate of drug-likeness (QED) is 0.490. The molecule has 0 radical (unpaired) electrons. The molecule has 174 valence electrons. The minimum Gasteiger partial charge on any atom is -0.480 e. The zero-order valence-corrected chi connectivity index (χ0v) is 19.1. The van der Waals surface area contributed by atoms with Crippen LogP contribution in [0.5, 0.6) is 0 Å². The molecule has 0 bridgehead atoms. The number of hydrogen-bond acceptors (Lipinski definition) is 5. The molecule has 0 saturated heterocycles.